The predicted molar refractivity (Wildman–Crippen MR) is 123 cm³/mol. The fourth-order valence-electron chi connectivity index (χ4n) is 5.26. The van der Waals surface area contributed by atoms with Crippen molar-refractivity contribution in [1.29, 1.82) is 0 Å². The maximum Gasteiger partial charge on any atom is 0.226 e. The number of nitrogens with zero attached hydrogens (tertiary/aromatic N) is 4. The quantitative estimate of drug-likeness (QED) is 0.636. The second-order valence-corrected chi connectivity index (χ2v) is 9.21. The van der Waals surface area contributed by atoms with Gasteiger partial charge >= 0.3 is 0 Å². The number of benzene rings is 2. The highest BCUT2D eigenvalue weighted by atomic mass is 19.1. The molecular formula is C26H29FN4O2. The minimum absolute atomic E-state index is 0.0464. The maximum absolute atomic E-state index is 13.5. The van der Waals surface area contributed by atoms with Crippen molar-refractivity contribution in [2.45, 2.75) is 56.7 Å². The summed E-state index contributed by atoms with van der Waals surface area (Å²) in [4.78, 5) is 15.4. The molecule has 1 aliphatic carbocycles. The number of rotatable bonds is 4. The van der Waals surface area contributed by atoms with E-state index >= 15 is 0 Å². The molecule has 1 N–H and O–H groups in total. The van der Waals surface area contributed by atoms with E-state index in [4.69, 9.17) is 0 Å². The molecule has 1 saturated heterocycles. The van der Waals surface area contributed by atoms with E-state index in [2.05, 4.69) is 10.3 Å². The summed E-state index contributed by atoms with van der Waals surface area (Å²) in [7, 11) is 0. The zero-order chi connectivity index (χ0) is 22.8. The molecule has 6 nitrogen and oxygen atoms in total. The smallest absolute Gasteiger partial charge is 0.226 e. The Morgan fingerprint density at radius 1 is 1.00 bits per heavy atom. The van der Waals surface area contributed by atoms with Crippen LogP contribution in [0.25, 0.3) is 11.3 Å². The molecule has 1 saturated carbocycles. The molecule has 2 aliphatic rings. The van der Waals surface area contributed by atoms with E-state index in [1.54, 1.807) is 23.0 Å². The summed E-state index contributed by atoms with van der Waals surface area (Å²) < 4.78 is 15.0. The molecule has 7 heteroatoms. The Hall–Kier alpha value is -3.06. The molecule has 0 radical (unpaired) electrons. The van der Waals surface area contributed by atoms with Gasteiger partial charge in [0, 0.05) is 18.0 Å². The van der Waals surface area contributed by atoms with Gasteiger partial charge in [-0.15, -0.1) is 5.10 Å². The summed E-state index contributed by atoms with van der Waals surface area (Å²) in [6, 6.07) is 15.7. The van der Waals surface area contributed by atoms with Crippen LogP contribution in [0.15, 0.2) is 60.8 Å². The standard InChI is InChI=1S/C26H29FN4O2/c27-21-13-11-18(12-14-21)22-16-31(29-28-22)24-15-23(19-7-3-1-4-8-19)30(17-25(24)32)26(33)20-9-5-2-6-10-20/h1,3-4,7-8,11-14,16,20,23-25,32H,2,5-6,9-10,15,17H2/t23-,24-,25+/m1/s1. The molecule has 2 aromatic carbocycles. The molecule has 0 bridgehead atoms. The minimum Gasteiger partial charge on any atom is -0.389 e. The molecule has 1 aromatic heterocycles. The molecule has 2 heterocycles. The average molecular weight is 449 g/mol. The van der Waals surface area contributed by atoms with Crippen LogP contribution in [0, 0.1) is 11.7 Å². The van der Waals surface area contributed by atoms with E-state index in [1.807, 2.05) is 35.2 Å². The number of carbonyl (C=O) groups is 1. The summed E-state index contributed by atoms with van der Waals surface area (Å²) in [5.41, 5.74) is 2.46. The first kappa shape index (κ1) is 21.8. The second-order valence-electron chi connectivity index (χ2n) is 9.21. The Morgan fingerprint density at radius 2 is 1.73 bits per heavy atom. The van der Waals surface area contributed by atoms with Gasteiger partial charge in [-0.1, -0.05) is 54.8 Å². The summed E-state index contributed by atoms with van der Waals surface area (Å²) in [6.07, 6.45) is 6.84. The zero-order valence-electron chi connectivity index (χ0n) is 18.6. The van der Waals surface area contributed by atoms with Crippen LogP contribution in [0.4, 0.5) is 4.39 Å². The van der Waals surface area contributed by atoms with Crippen LogP contribution in [0.2, 0.25) is 0 Å². The van der Waals surface area contributed by atoms with Crippen molar-refractivity contribution in [2.24, 2.45) is 5.92 Å². The van der Waals surface area contributed by atoms with Gasteiger partial charge < -0.3 is 10.0 Å². The van der Waals surface area contributed by atoms with Crippen molar-refractivity contribution in [3.05, 3.63) is 72.2 Å². The number of piperidine rings is 1. The number of aliphatic hydroxyl groups is 1. The van der Waals surface area contributed by atoms with E-state index in [1.165, 1.54) is 18.6 Å². The van der Waals surface area contributed by atoms with E-state index in [0.717, 1.165) is 36.8 Å². The Kier molecular flexibility index (Phi) is 6.22. The van der Waals surface area contributed by atoms with Crippen LogP contribution in [0.1, 0.15) is 56.2 Å². The van der Waals surface area contributed by atoms with E-state index in [-0.39, 0.29) is 36.3 Å². The van der Waals surface area contributed by atoms with Crippen molar-refractivity contribution >= 4 is 5.91 Å². The Labute approximate surface area is 193 Å². The molecule has 33 heavy (non-hydrogen) atoms. The third kappa shape index (κ3) is 4.55. The number of halogens is 1. The Balaban J connectivity index is 1.42. The third-order valence-electron chi connectivity index (χ3n) is 7.08. The fraction of sp³-hybridized carbons (Fsp3) is 0.423. The van der Waals surface area contributed by atoms with Crippen LogP contribution in [-0.2, 0) is 4.79 Å². The van der Waals surface area contributed by atoms with Crippen LogP contribution in [0.3, 0.4) is 0 Å². The largest absolute Gasteiger partial charge is 0.389 e. The van der Waals surface area contributed by atoms with Gasteiger partial charge in [0.15, 0.2) is 0 Å². The molecule has 2 fully saturated rings. The number of aliphatic hydroxyl groups excluding tert-OH is 1. The van der Waals surface area contributed by atoms with Gasteiger partial charge in [-0.25, -0.2) is 9.07 Å². The molecule has 0 unspecified atom stereocenters. The van der Waals surface area contributed by atoms with Gasteiger partial charge in [0.1, 0.15) is 11.5 Å². The number of aromatic nitrogens is 3. The summed E-state index contributed by atoms with van der Waals surface area (Å²) >= 11 is 0. The van der Waals surface area contributed by atoms with Crippen molar-refractivity contribution in [3.63, 3.8) is 0 Å². The van der Waals surface area contributed by atoms with E-state index in [9.17, 15) is 14.3 Å². The summed E-state index contributed by atoms with van der Waals surface area (Å²) in [6.45, 7) is 0.269. The molecular weight excluding hydrogens is 419 g/mol. The molecule has 3 aromatic rings. The monoisotopic (exact) mass is 448 g/mol. The first-order valence-electron chi connectivity index (χ1n) is 11.8. The van der Waals surface area contributed by atoms with Crippen LogP contribution < -0.4 is 0 Å². The van der Waals surface area contributed by atoms with Gasteiger partial charge in [-0.2, -0.15) is 0 Å². The normalized spacial score (nSPS) is 24.1. The van der Waals surface area contributed by atoms with Gasteiger partial charge in [0.05, 0.1) is 24.4 Å². The van der Waals surface area contributed by atoms with Crippen LogP contribution in [0.5, 0.6) is 0 Å². The van der Waals surface area contributed by atoms with Crippen molar-refractivity contribution in [2.75, 3.05) is 6.54 Å². The van der Waals surface area contributed by atoms with Crippen molar-refractivity contribution in [3.8, 4) is 11.3 Å². The number of β-amino-alcohol motifs (C(OH)–C–C–N with tert-alkyl or cyclic N) is 1. The minimum atomic E-state index is -0.750. The SMILES string of the molecule is O=C(C1CCCCC1)N1C[C@H](O)[C@H](n2cc(-c3ccc(F)cc3)nn2)C[C@@H]1c1ccccc1. The fourth-order valence-corrected chi connectivity index (χ4v) is 5.26. The highest BCUT2D eigenvalue weighted by molar-refractivity contribution is 5.79. The van der Waals surface area contributed by atoms with Gasteiger partial charge in [0.25, 0.3) is 0 Å². The number of hydrogen-bond acceptors (Lipinski definition) is 4. The number of hydrogen-bond donors (Lipinski definition) is 1. The molecule has 0 spiro atoms. The van der Waals surface area contributed by atoms with Gasteiger partial charge in [-0.05, 0) is 49.1 Å². The van der Waals surface area contributed by atoms with E-state index in [0.29, 0.717) is 12.1 Å². The van der Waals surface area contributed by atoms with Gasteiger partial charge in [0.2, 0.25) is 5.91 Å². The zero-order valence-corrected chi connectivity index (χ0v) is 18.6. The topological polar surface area (TPSA) is 71.2 Å². The highest BCUT2D eigenvalue weighted by Gasteiger charge is 2.41. The lowest BCUT2D eigenvalue weighted by Crippen LogP contribution is -2.51. The molecule has 3 atom stereocenters. The van der Waals surface area contributed by atoms with Crippen molar-refractivity contribution in [1.82, 2.24) is 19.9 Å². The van der Waals surface area contributed by atoms with Crippen molar-refractivity contribution < 1.29 is 14.3 Å². The summed E-state index contributed by atoms with van der Waals surface area (Å²) in [5.74, 6) is -0.0981. The number of likely N-dealkylation sites (tertiary alicyclic amines) is 1. The lowest BCUT2D eigenvalue weighted by molar-refractivity contribution is -0.145. The number of amides is 1. The van der Waals surface area contributed by atoms with Crippen LogP contribution >= 0.6 is 0 Å². The first-order valence-corrected chi connectivity index (χ1v) is 11.8. The lowest BCUT2D eigenvalue weighted by atomic mass is 9.85. The molecule has 1 amide bonds. The molecule has 5 rings (SSSR count). The maximum atomic E-state index is 13.5. The number of carbonyl (C=O) groups excluding carboxylic acids is 1. The van der Waals surface area contributed by atoms with Gasteiger partial charge in [-0.3, -0.25) is 4.79 Å². The predicted octanol–water partition coefficient (Wildman–Crippen LogP) is 4.54. The summed E-state index contributed by atoms with van der Waals surface area (Å²) in [5, 5.41) is 19.6. The van der Waals surface area contributed by atoms with Crippen LogP contribution in [-0.4, -0.2) is 43.6 Å². The first-order chi connectivity index (χ1) is 16.1. The lowest BCUT2D eigenvalue weighted by Gasteiger charge is -2.44. The Morgan fingerprint density at radius 3 is 2.45 bits per heavy atom. The molecule has 1 aliphatic heterocycles. The molecule has 172 valence electrons. The second kappa shape index (κ2) is 9.43. The highest BCUT2D eigenvalue weighted by Crippen LogP contribution is 2.39. The third-order valence-corrected chi connectivity index (χ3v) is 7.08. The Bertz CT molecular complexity index is 1080. The average Bonchev–Trinajstić information content (AvgIpc) is 3.35. The van der Waals surface area contributed by atoms with E-state index < -0.39 is 6.10 Å².